The Balaban J connectivity index is 1.81. The van der Waals surface area contributed by atoms with E-state index in [1.165, 1.54) is 5.57 Å². The number of carbonyl (C=O) groups is 1. The highest BCUT2D eigenvalue weighted by Crippen LogP contribution is 2.26. The quantitative estimate of drug-likeness (QED) is 0.761. The molecule has 1 N–H and O–H groups in total. The predicted molar refractivity (Wildman–Crippen MR) is 67.9 cm³/mol. The molecule has 2 aliphatic heterocycles. The standard InChI is InChI=1S/C14H23NO2/c1-10(2)4-3-5-14(16)11-6-12-8-17-9-13(7-11)15-12/h4,11-13,15H,3,5-9H2,1-2H3. The molecule has 0 radical (unpaired) electrons. The van der Waals surface area contributed by atoms with Gasteiger partial charge in [-0.1, -0.05) is 11.6 Å². The molecule has 3 heteroatoms. The van der Waals surface area contributed by atoms with Crippen molar-refractivity contribution in [2.75, 3.05) is 13.2 Å². The fourth-order valence-electron chi connectivity index (χ4n) is 2.81. The van der Waals surface area contributed by atoms with E-state index in [1.807, 2.05) is 0 Å². The first-order valence-electron chi connectivity index (χ1n) is 6.65. The van der Waals surface area contributed by atoms with Crippen LogP contribution in [0.25, 0.3) is 0 Å². The van der Waals surface area contributed by atoms with Crippen molar-refractivity contribution < 1.29 is 9.53 Å². The highest BCUT2D eigenvalue weighted by Gasteiger charge is 2.34. The number of hydrogen-bond acceptors (Lipinski definition) is 3. The summed E-state index contributed by atoms with van der Waals surface area (Å²) < 4.78 is 5.49. The smallest absolute Gasteiger partial charge is 0.136 e. The number of carbonyl (C=O) groups excluding carboxylic acids is 1. The average molecular weight is 237 g/mol. The van der Waals surface area contributed by atoms with E-state index in [-0.39, 0.29) is 5.92 Å². The Morgan fingerprint density at radius 1 is 1.29 bits per heavy atom. The first-order valence-corrected chi connectivity index (χ1v) is 6.65. The number of nitrogens with one attached hydrogen (secondary N) is 1. The molecule has 0 aromatic rings. The van der Waals surface area contributed by atoms with Gasteiger partial charge in [0.1, 0.15) is 5.78 Å². The van der Waals surface area contributed by atoms with Gasteiger partial charge < -0.3 is 10.1 Å². The SMILES string of the molecule is CC(C)=CCCC(=O)C1CC2COCC(C1)N2. The van der Waals surface area contributed by atoms with Gasteiger partial charge in [0.05, 0.1) is 13.2 Å². The molecule has 2 atom stereocenters. The van der Waals surface area contributed by atoms with Crippen LogP contribution in [0.3, 0.4) is 0 Å². The third-order valence-corrected chi connectivity index (χ3v) is 3.65. The maximum atomic E-state index is 12.1. The van der Waals surface area contributed by atoms with Crippen molar-refractivity contribution in [1.29, 1.82) is 0 Å². The molecule has 96 valence electrons. The van der Waals surface area contributed by atoms with Gasteiger partial charge in [0.25, 0.3) is 0 Å². The minimum Gasteiger partial charge on any atom is -0.378 e. The van der Waals surface area contributed by atoms with Gasteiger partial charge in [0, 0.05) is 24.4 Å². The zero-order valence-electron chi connectivity index (χ0n) is 10.9. The molecule has 2 bridgehead atoms. The predicted octanol–water partition coefficient (Wildman–Crippen LogP) is 2.07. The lowest BCUT2D eigenvalue weighted by Crippen LogP contribution is -2.55. The van der Waals surface area contributed by atoms with E-state index in [1.54, 1.807) is 0 Å². The number of morpholine rings is 1. The van der Waals surface area contributed by atoms with Gasteiger partial charge in [-0.2, -0.15) is 0 Å². The molecule has 0 aromatic heterocycles. The molecule has 0 aromatic carbocycles. The van der Waals surface area contributed by atoms with Crippen LogP contribution >= 0.6 is 0 Å². The van der Waals surface area contributed by atoms with E-state index in [2.05, 4.69) is 25.2 Å². The monoisotopic (exact) mass is 237 g/mol. The summed E-state index contributed by atoms with van der Waals surface area (Å²) in [7, 11) is 0. The molecular weight excluding hydrogens is 214 g/mol. The zero-order valence-corrected chi connectivity index (χ0v) is 10.9. The highest BCUT2D eigenvalue weighted by molar-refractivity contribution is 5.81. The number of rotatable bonds is 4. The topological polar surface area (TPSA) is 38.3 Å². The van der Waals surface area contributed by atoms with Gasteiger partial charge in [-0.05, 0) is 33.1 Å². The summed E-state index contributed by atoms with van der Waals surface area (Å²) in [5, 5.41) is 3.52. The second kappa shape index (κ2) is 5.78. The maximum absolute atomic E-state index is 12.1. The molecule has 2 fully saturated rings. The number of ether oxygens (including phenoxy) is 1. The highest BCUT2D eigenvalue weighted by atomic mass is 16.5. The van der Waals surface area contributed by atoms with Gasteiger partial charge >= 0.3 is 0 Å². The van der Waals surface area contributed by atoms with E-state index in [0.717, 1.165) is 32.5 Å². The molecule has 2 aliphatic rings. The lowest BCUT2D eigenvalue weighted by Gasteiger charge is -2.39. The average Bonchev–Trinajstić information content (AvgIpc) is 2.27. The molecule has 0 amide bonds. The van der Waals surface area contributed by atoms with Crippen LogP contribution in [0.2, 0.25) is 0 Å². The summed E-state index contributed by atoms with van der Waals surface area (Å²) in [6.07, 6.45) is 5.68. The number of allylic oxidation sites excluding steroid dienone is 2. The normalized spacial score (nSPS) is 32.0. The van der Waals surface area contributed by atoms with Crippen LogP contribution in [-0.2, 0) is 9.53 Å². The Hall–Kier alpha value is -0.670. The van der Waals surface area contributed by atoms with Gasteiger partial charge in [0.2, 0.25) is 0 Å². The van der Waals surface area contributed by atoms with Gasteiger partial charge in [-0.15, -0.1) is 0 Å². The number of hydrogen-bond donors (Lipinski definition) is 1. The van der Waals surface area contributed by atoms with Crippen LogP contribution in [0.1, 0.15) is 39.5 Å². The lowest BCUT2D eigenvalue weighted by molar-refractivity contribution is -0.125. The van der Waals surface area contributed by atoms with E-state index in [0.29, 0.717) is 24.3 Å². The summed E-state index contributed by atoms with van der Waals surface area (Å²) in [6.45, 7) is 5.70. The maximum Gasteiger partial charge on any atom is 0.136 e. The molecule has 2 unspecified atom stereocenters. The Kier molecular flexibility index (Phi) is 4.35. The summed E-state index contributed by atoms with van der Waals surface area (Å²) >= 11 is 0. The number of Topliss-reactive ketones (excluding diaryl/α,β-unsaturated/α-hetero) is 1. The minimum absolute atomic E-state index is 0.265. The summed E-state index contributed by atoms with van der Waals surface area (Å²) in [6, 6.07) is 0.805. The number of piperidine rings is 1. The summed E-state index contributed by atoms with van der Waals surface area (Å²) in [5.74, 6) is 0.710. The van der Waals surface area contributed by atoms with E-state index >= 15 is 0 Å². The van der Waals surface area contributed by atoms with E-state index in [9.17, 15) is 4.79 Å². The summed E-state index contributed by atoms with van der Waals surface area (Å²) in [5.41, 5.74) is 1.30. The van der Waals surface area contributed by atoms with Crippen LogP contribution in [-0.4, -0.2) is 31.1 Å². The van der Waals surface area contributed by atoms with Crippen molar-refractivity contribution >= 4 is 5.78 Å². The largest absolute Gasteiger partial charge is 0.378 e. The lowest BCUT2D eigenvalue weighted by atomic mass is 9.83. The van der Waals surface area contributed by atoms with Crippen molar-refractivity contribution in [2.24, 2.45) is 5.92 Å². The van der Waals surface area contributed by atoms with Crippen LogP contribution in [0.4, 0.5) is 0 Å². The minimum atomic E-state index is 0.265. The second-order valence-electron chi connectivity index (χ2n) is 5.55. The number of ketones is 1. The van der Waals surface area contributed by atoms with Crippen LogP contribution in [0.5, 0.6) is 0 Å². The molecule has 2 saturated heterocycles. The molecule has 2 heterocycles. The van der Waals surface area contributed by atoms with Gasteiger partial charge in [-0.3, -0.25) is 4.79 Å². The Morgan fingerprint density at radius 3 is 2.53 bits per heavy atom. The Bertz CT molecular complexity index is 295. The van der Waals surface area contributed by atoms with E-state index < -0.39 is 0 Å². The van der Waals surface area contributed by atoms with Crippen molar-refractivity contribution in [3.8, 4) is 0 Å². The zero-order chi connectivity index (χ0) is 12.3. The van der Waals surface area contributed by atoms with Gasteiger partial charge in [-0.25, -0.2) is 0 Å². The fourth-order valence-corrected chi connectivity index (χ4v) is 2.81. The molecule has 3 nitrogen and oxygen atoms in total. The van der Waals surface area contributed by atoms with Crippen molar-refractivity contribution in [1.82, 2.24) is 5.32 Å². The fraction of sp³-hybridized carbons (Fsp3) is 0.786. The van der Waals surface area contributed by atoms with Crippen LogP contribution in [0.15, 0.2) is 11.6 Å². The second-order valence-corrected chi connectivity index (χ2v) is 5.55. The van der Waals surface area contributed by atoms with Crippen molar-refractivity contribution in [3.63, 3.8) is 0 Å². The van der Waals surface area contributed by atoms with Gasteiger partial charge in [0.15, 0.2) is 0 Å². The third-order valence-electron chi connectivity index (χ3n) is 3.65. The molecule has 17 heavy (non-hydrogen) atoms. The summed E-state index contributed by atoms with van der Waals surface area (Å²) in [4.78, 5) is 12.1. The first kappa shape index (κ1) is 12.8. The molecule has 0 saturated carbocycles. The van der Waals surface area contributed by atoms with Crippen molar-refractivity contribution in [3.05, 3.63) is 11.6 Å². The number of fused-ring (bicyclic) bond motifs is 2. The first-order chi connectivity index (χ1) is 8.15. The Labute approximate surface area is 104 Å². The van der Waals surface area contributed by atoms with Crippen molar-refractivity contribution in [2.45, 2.75) is 51.6 Å². The molecule has 2 rings (SSSR count). The van der Waals surface area contributed by atoms with Crippen LogP contribution in [0, 0.1) is 5.92 Å². The third kappa shape index (κ3) is 3.65. The molecule has 0 aliphatic carbocycles. The molecular formula is C14H23NO2. The Morgan fingerprint density at radius 2 is 1.94 bits per heavy atom. The van der Waals surface area contributed by atoms with Crippen LogP contribution < -0.4 is 5.32 Å². The molecule has 0 spiro atoms. The van der Waals surface area contributed by atoms with E-state index in [4.69, 9.17) is 4.74 Å².